The van der Waals surface area contributed by atoms with Crippen LogP contribution in [0.15, 0.2) is 36.9 Å². The van der Waals surface area contributed by atoms with E-state index < -0.39 is 5.97 Å². The van der Waals surface area contributed by atoms with Crippen LogP contribution < -0.4 is 5.32 Å². The quantitative estimate of drug-likeness (QED) is 0.538. The second-order valence-electron chi connectivity index (χ2n) is 7.28. The average molecular weight is 412 g/mol. The predicted molar refractivity (Wildman–Crippen MR) is 110 cm³/mol. The van der Waals surface area contributed by atoms with Crippen LogP contribution in [0.25, 0.3) is 22.0 Å². The van der Waals surface area contributed by atoms with Crippen LogP contribution in [0.1, 0.15) is 23.3 Å². The number of aromatic amines is 1. The number of H-pyrrole nitrogens is 1. The lowest BCUT2D eigenvalue weighted by Gasteiger charge is -2.30. The van der Waals surface area contributed by atoms with Gasteiger partial charge in [-0.25, -0.2) is 9.97 Å². The molecule has 10 nitrogen and oxygen atoms in total. The molecule has 1 saturated heterocycles. The molecule has 10 heteroatoms. The molecule has 5 N–H and O–H groups in total. The van der Waals surface area contributed by atoms with Crippen molar-refractivity contribution in [3.63, 3.8) is 0 Å². The molecule has 3 aromatic rings. The molecule has 0 bridgehead atoms. The lowest BCUT2D eigenvalue weighted by molar-refractivity contribution is -0.138. The van der Waals surface area contributed by atoms with Gasteiger partial charge in [-0.2, -0.15) is 5.10 Å². The third-order valence-electron chi connectivity index (χ3n) is 5.29. The number of carboxylic acids is 1. The summed E-state index contributed by atoms with van der Waals surface area (Å²) in [4.78, 5) is 33.5. The van der Waals surface area contributed by atoms with Crippen molar-refractivity contribution >= 4 is 22.8 Å². The third-order valence-corrected chi connectivity index (χ3v) is 5.29. The van der Waals surface area contributed by atoms with Gasteiger partial charge in [-0.1, -0.05) is 6.07 Å². The number of nitrogens with one attached hydrogen (secondary N) is 2. The highest BCUT2D eigenvalue weighted by Gasteiger charge is 2.22. The Morgan fingerprint density at radius 3 is 2.60 bits per heavy atom. The molecule has 0 aliphatic carbocycles. The fraction of sp³-hybridized carbons (Fsp3) is 0.350. The second kappa shape index (κ2) is 9.42. The number of hydrogen-bond acceptors (Lipinski definition) is 6. The zero-order chi connectivity index (χ0) is 20.2. The molecule has 1 aliphatic rings. The Hall–Kier alpha value is -3.37. The van der Waals surface area contributed by atoms with E-state index in [9.17, 15) is 9.59 Å². The molecule has 0 unspecified atom stereocenters. The number of fused-ring (bicyclic) bond motifs is 1. The Balaban J connectivity index is 0.00000256. The number of rotatable bonds is 6. The number of piperidine rings is 1. The summed E-state index contributed by atoms with van der Waals surface area (Å²) in [7, 11) is 0. The van der Waals surface area contributed by atoms with E-state index in [1.54, 1.807) is 12.4 Å². The highest BCUT2D eigenvalue weighted by molar-refractivity contribution is 6.05. The highest BCUT2D eigenvalue weighted by atomic mass is 16.4. The zero-order valence-corrected chi connectivity index (χ0v) is 16.3. The molecule has 30 heavy (non-hydrogen) atoms. The fourth-order valence-electron chi connectivity index (χ4n) is 3.68. The summed E-state index contributed by atoms with van der Waals surface area (Å²) in [6, 6.07) is 5.74. The van der Waals surface area contributed by atoms with Crippen LogP contribution in [0.3, 0.4) is 0 Å². The summed E-state index contributed by atoms with van der Waals surface area (Å²) < 4.78 is 0. The van der Waals surface area contributed by atoms with Gasteiger partial charge in [-0.05, 0) is 49.5 Å². The molecule has 0 atom stereocenters. The van der Waals surface area contributed by atoms with Crippen molar-refractivity contribution in [3.8, 4) is 11.1 Å². The van der Waals surface area contributed by atoms with Gasteiger partial charge in [0, 0.05) is 29.9 Å². The number of carbonyl (C=O) groups is 2. The van der Waals surface area contributed by atoms with Crippen molar-refractivity contribution in [3.05, 3.63) is 42.6 Å². The van der Waals surface area contributed by atoms with Gasteiger partial charge < -0.3 is 15.9 Å². The summed E-state index contributed by atoms with van der Waals surface area (Å²) in [5.74, 6) is -0.680. The van der Waals surface area contributed by atoms with Gasteiger partial charge in [-0.3, -0.25) is 19.6 Å². The standard InChI is InChI=1S/C20H22N6O3.H2O/c27-18(28)11-26-5-3-13(4-6-26)8-23-20(29)19-16-7-14(1-2-17(16)24-25-19)15-9-21-12-22-10-15;/h1-2,7,9-10,12-13H,3-6,8,11H2,(H,23,29)(H,24,25)(H,27,28);1H2. The Morgan fingerprint density at radius 1 is 1.17 bits per heavy atom. The number of hydrogen-bond donors (Lipinski definition) is 3. The Bertz CT molecular complexity index is 1010. The maximum atomic E-state index is 12.7. The second-order valence-corrected chi connectivity index (χ2v) is 7.28. The SMILES string of the molecule is O.O=C(O)CN1CCC(CNC(=O)c2n[nH]c3ccc(-c4cncnc4)cc23)CC1. The molecule has 1 aliphatic heterocycles. The van der Waals surface area contributed by atoms with E-state index in [1.807, 2.05) is 23.1 Å². The minimum Gasteiger partial charge on any atom is -0.480 e. The van der Waals surface area contributed by atoms with Crippen LogP contribution in [0.4, 0.5) is 0 Å². The number of aromatic nitrogens is 4. The maximum Gasteiger partial charge on any atom is 0.317 e. The van der Waals surface area contributed by atoms with Gasteiger partial charge in [0.25, 0.3) is 5.91 Å². The molecule has 158 valence electrons. The largest absolute Gasteiger partial charge is 0.480 e. The Kier molecular flexibility index (Phi) is 6.70. The van der Waals surface area contributed by atoms with Crippen LogP contribution in [0, 0.1) is 5.92 Å². The van der Waals surface area contributed by atoms with Crippen molar-refractivity contribution in [2.24, 2.45) is 5.92 Å². The fourth-order valence-corrected chi connectivity index (χ4v) is 3.68. The van der Waals surface area contributed by atoms with E-state index in [0.29, 0.717) is 18.2 Å². The minimum absolute atomic E-state index is 0. The van der Waals surface area contributed by atoms with E-state index in [0.717, 1.165) is 48.0 Å². The van der Waals surface area contributed by atoms with Crippen LogP contribution in [-0.2, 0) is 4.79 Å². The average Bonchev–Trinajstić information content (AvgIpc) is 3.16. The Labute approximate surface area is 172 Å². The van der Waals surface area contributed by atoms with E-state index in [1.165, 1.54) is 6.33 Å². The van der Waals surface area contributed by atoms with Crippen LogP contribution in [0.2, 0.25) is 0 Å². The number of carboxylic acid groups (broad SMARTS) is 1. The lowest BCUT2D eigenvalue weighted by Crippen LogP contribution is -2.40. The van der Waals surface area contributed by atoms with Gasteiger partial charge in [0.1, 0.15) is 6.33 Å². The number of carbonyl (C=O) groups excluding carboxylic acids is 1. The smallest absolute Gasteiger partial charge is 0.317 e. The zero-order valence-electron chi connectivity index (χ0n) is 16.3. The minimum atomic E-state index is -0.802. The molecule has 2 aromatic heterocycles. The molecular formula is C20H24N6O4. The van der Waals surface area contributed by atoms with Crippen LogP contribution in [-0.4, -0.2) is 73.7 Å². The van der Waals surface area contributed by atoms with E-state index in [2.05, 4.69) is 25.5 Å². The predicted octanol–water partition coefficient (Wildman–Crippen LogP) is 0.722. The van der Waals surface area contributed by atoms with E-state index in [-0.39, 0.29) is 17.9 Å². The van der Waals surface area contributed by atoms with E-state index in [4.69, 9.17) is 5.11 Å². The van der Waals surface area contributed by atoms with Crippen molar-refractivity contribution in [1.82, 2.24) is 30.4 Å². The first-order chi connectivity index (χ1) is 14.1. The molecule has 3 heterocycles. The molecule has 1 fully saturated rings. The normalized spacial score (nSPS) is 14.9. The molecular weight excluding hydrogens is 388 g/mol. The first-order valence-electron chi connectivity index (χ1n) is 9.56. The summed E-state index contributed by atoms with van der Waals surface area (Å²) in [5, 5.41) is 19.7. The summed E-state index contributed by atoms with van der Waals surface area (Å²) >= 11 is 0. The molecule has 0 saturated carbocycles. The molecule has 0 spiro atoms. The lowest BCUT2D eigenvalue weighted by atomic mass is 9.96. The molecule has 1 aromatic carbocycles. The third kappa shape index (κ3) is 4.78. The van der Waals surface area contributed by atoms with Gasteiger partial charge in [-0.15, -0.1) is 0 Å². The first kappa shape index (κ1) is 21.3. The summed E-state index contributed by atoms with van der Waals surface area (Å²) in [5.41, 5.74) is 2.94. The highest BCUT2D eigenvalue weighted by Crippen LogP contribution is 2.24. The molecule has 0 radical (unpaired) electrons. The number of benzene rings is 1. The maximum absolute atomic E-state index is 12.7. The first-order valence-corrected chi connectivity index (χ1v) is 9.56. The van der Waals surface area contributed by atoms with Gasteiger partial charge in [0.15, 0.2) is 5.69 Å². The Morgan fingerprint density at radius 2 is 1.90 bits per heavy atom. The van der Waals surface area contributed by atoms with Crippen molar-refractivity contribution in [2.75, 3.05) is 26.2 Å². The topological polar surface area (TPSA) is 156 Å². The summed E-state index contributed by atoms with van der Waals surface area (Å²) in [6.45, 7) is 2.11. The molecule has 4 rings (SSSR count). The van der Waals surface area contributed by atoms with Crippen LogP contribution >= 0.6 is 0 Å². The summed E-state index contributed by atoms with van der Waals surface area (Å²) in [6.07, 6.45) is 6.67. The van der Waals surface area contributed by atoms with Crippen LogP contribution in [0.5, 0.6) is 0 Å². The molecule has 1 amide bonds. The van der Waals surface area contributed by atoms with Crippen molar-refractivity contribution in [2.45, 2.75) is 12.8 Å². The number of amides is 1. The van der Waals surface area contributed by atoms with Crippen molar-refractivity contribution in [1.29, 1.82) is 0 Å². The van der Waals surface area contributed by atoms with Gasteiger partial charge >= 0.3 is 5.97 Å². The van der Waals surface area contributed by atoms with Gasteiger partial charge in [0.05, 0.1) is 12.1 Å². The van der Waals surface area contributed by atoms with E-state index >= 15 is 0 Å². The monoisotopic (exact) mass is 412 g/mol. The van der Waals surface area contributed by atoms with Gasteiger partial charge in [0.2, 0.25) is 0 Å². The number of likely N-dealkylation sites (tertiary alicyclic amines) is 1. The van der Waals surface area contributed by atoms with Crippen molar-refractivity contribution < 1.29 is 20.2 Å². The number of aliphatic carboxylic acids is 1. The number of nitrogens with zero attached hydrogens (tertiary/aromatic N) is 4.